The van der Waals surface area contributed by atoms with E-state index in [1.807, 2.05) is 6.07 Å². The minimum atomic E-state index is 0.449. The van der Waals surface area contributed by atoms with Crippen LogP contribution < -0.4 is 0 Å². The maximum atomic E-state index is 5.65. The van der Waals surface area contributed by atoms with E-state index in [2.05, 4.69) is 36.0 Å². The second-order valence-corrected chi connectivity index (χ2v) is 5.79. The third-order valence-corrected chi connectivity index (χ3v) is 4.19. The molecule has 0 amide bonds. The summed E-state index contributed by atoms with van der Waals surface area (Å²) in [5, 5.41) is 4.52. The molecule has 106 valence electrons. The lowest BCUT2D eigenvalue weighted by molar-refractivity contribution is 0.249. The number of aryl methyl sites for hydroxylation is 2. The number of hydrogen-bond acceptors (Lipinski definition) is 4. The highest BCUT2D eigenvalue weighted by Crippen LogP contribution is 2.21. The van der Waals surface area contributed by atoms with E-state index in [9.17, 15) is 0 Å². The maximum absolute atomic E-state index is 5.65. The lowest BCUT2D eigenvalue weighted by Crippen LogP contribution is -2.23. The molecule has 1 aliphatic rings. The maximum Gasteiger partial charge on any atom is 0.288 e. The summed E-state index contributed by atoms with van der Waals surface area (Å²) in [5.74, 6) is 0.609. The molecule has 0 saturated carbocycles. The number of hydrogen-bond donors (Lipinski definition) is 0. The van der Waals surface area contributed by atoms with E-state index in [1.165, 1.54) is 24.0 Å². The van der Waals surface area contributed by atoms with Gasteiger partial charge in [0.2, 0.25) is 5.89 Å². The number of aromatic nitrogens is 2. The normalized spacial score (nSPS) is 15.9. The molecule has 3 rings (SSSR count). The molecular weight excluding hydrogens is 270 g/mol. The average Bonchev–Trinajstić information content (AvgIpc) is 3.04. The third-order valence-electron chi connectivity index (χ3n) is 3.89. The van der Waals surface area contributed by atoms with Crippen molar-refractivity contribution >= 4 is 12.2 Å². The summed E-state index contributed by atoms with van der Waals surface area (Å²) in [6.07, 6.45) is 2.52. The van der Waals surface area contributed by atoms with Crippen molar-refractivity contribution in [1.29, 1.82) is 0 Å². The van der Waals surface area contributed by atoms with Crippen molar-refractivity contribution in [2.45, 2.75) is 33.4 Å². The number of nitrogens with zero attached hydrogens (tertiary/aromatic N) is 3. The first-order chi connectivity index (χ1) is 9.63. The van der Waals surface area contributed by atoms with E-state index < -0.39 is 0 Å². The zero-order valence-electron chi connectivity index (χ0n) is 11.9. The Labute approximate surface area is 124 Å². The third kappa shape index (κ3) is 2.69. The van der Waals surface area contributed by atoms with Crippen LogP contribution in [0.2, 0.25) is 0 Å². The van der Waals surface area contributed by atoms with Gasteiger partial charge in [-0.1, -0.05) is 6.07 Å². The van der Waals surface area contributed by atoms with Crippen LogP contribution in [0.3, 0.4) is 0 Å². The Kier molecular flexibility index (Phi) is 3.72. The van der Waals surface area contributed by atoms with Crippen LogP contribution in [0.1, 0.15) is 24.0 Å². The Morgan fingerprint density at radius 3 is 2.65 bits per heavy atom. The van der Waals surface area contributed by atoms with Gasteiger partial charge in [0, 0.05) is 5.56 Å². The van der Waals surface area contributed by atoms with Gasteiger partial charge in [-0.05, 0) is 75.3 Å². The standard InChI is InChI=1S/C15H19N3OS/c1-11-5-6-13(9-12(11)2)14-16-18(15(20)19-14)10-17-7-3-4-8-17/h5-6,9H,3-4,7-8,10H2,1-2H3. The fourth-order valence-electron chi connectivity index (χ4n) is 2.50. The van der Waals surface area contributed by atoms with Crippen molar-refractivity contribution in [2.75, 3.05) is 13.1 Å². The van der Waals surface area contributed by atoms with Crippen LogP contribution in [0.15, 0.2) is 22.6 Å². The Morgan fingerprint density at radius 1 is 1.20 bits per heavy atom. The molecule has 0 bridgehead atoms. The highest BCUT2D eigenvalue weighted by molar-refractivity contribution is 7.71. The zero-order valence-corrected chi connectivity index (χ0v) is 12.7. The molecular formula is C15H19N3OS. The van der Waals surface area contributed by atoms with Gasteiger partial charge in [-0.25, -0.2) is 4.68 Å². The van der Waals surface area contributed by atoms with Crippen molar-refractivity contribution in [3.63, 3.8) is 0 Å². The molecule has 2 aromatic rings. The second-order valence-electron chi connectivity index (χ2n) is 5.44. The van der Waals surface area contributed by atoms with Crippen molar-refractivity contribution in [3.8, 4) is 11.5 Å². The zero-order chi connectivity index (χ0) is 14.1. The van der Waals surface area contributed by atoms with Gasteiger partial charge in [0.05, 0.1) is 6.67 Å². The molecule has 0 N–H and O–H groups in total. The Bertz CT molecular complexity index is 668. The predicted molar refractivity (Wildman–Crippen MR) is 81.0 cm³/mol. The predicted octanol–water partition coefficient (Wildman–Crippen LogP) is 3.54. The topological polar surface area (TPSA) is 34.2 Å². The molecule has 1 aromatic carbocycles. The van der Waals surface area contributed by atoms with Gasteiger partial charge in [0.15, 0.2) is 0 Å². The van der Waals surface area contributed by atoms with Crippen molar-refractivity contribution in [3.05, 3.63) is 34.2 Å². The first-order valence-electron chi connectivity index (χ1n) is 7.01. The van der Waals surface area contributed by atoms with Crippen LogP contribution >= 0.6 is 12.2 Å². The van der Waals surface area contributed by atoms with E-state index in [0.717, 1.165) is 25.3 Å². The van der Waals surface area contributed by atoms with Gasteiger partial charge in [-0.3, -0.25) is 4.90 Å². The number of benzene rings is 1. The summed E-state index contributed by atoms with van der Waals surface area (Å²) in [4.78, 5) is 2.80. The van der Waals surface area contributed by atoms with Crippen LogP contribution in [0.5, 0.6) is 0 Å². The molecule has 0 aliphatic carbocycles. The number of rotatable bonds is 3. The fraction of sp³-hybridized carbons (Fsp3) is 0.467. The molecule has 5 heteroatoms. The summed E-state index contributed by atoms with van der Waals surface area (Å²) in [6, 6.07) is 6.21. The van der Waals surface area contributed by atoms with E-state index >= 15 is 0 Å². The molecule has 20 heavy (non-hydrogen) atoms. The van der Waals surface area contributed by atoms with Crippen LogP contribution in [-0.4, -0.2) is 27.8 Å². The summed E-state index contributed by atoms with van der Waals surface area (Å²) < 4.78 is 7.43. The SMILES string of the molecule is Cc1ccc(-c2nn(CN3CCCC3)c(=S)o2)cc1C. The number of likely N-dealkylation sites (tertiary alicyclic amines) is 1. The van der Waals surface area contributed by atoms with Gasteiger partial charge >= 0.3 is 0 Å². The highest BCUT2D eigenvalue weighted by atomic mass is 32.1. The van der Waals surface area contributed by atoms with Crippen molar-refractivity contribution in [1.82, 2.24) is 14.7 Å². The minimum Gasteiger partial charge on any atom is -0.409 e. The minimum absolute atomic E-state index is 0.449. The molecule has 1 saturated heterocycles. The largest absolute Gasteiger partial charge is 0.409 e. The smallest absolute Gasteiger partial charge is 0.288 e. The van der Waals surface area contributed by atoms with E-state index in [4.69, 9.17) is 16.6 Å². The van der Waals surface area contributed by atoms with Crippen LogP contribution in [0, 0.1) is 18.7 Å². The Morgan fingerprint density at radius 2 is 1.95 bits per heavy atom. The monoisotopic (exact) mass is 289 g/mol. The Hall–Kier alpha value is -1.46. The molecule has 0 unspecified atom stereocenters. The summed E-state index contributed by atoms with van der Waals surface area (Å²) in [7, 11) is 0. The average molecular weight is 289 g/mol. The Balaban J connectivity index is 1.87. The summed E-state index contributed by atoms with van der Waals surface area (Å²) >= 11 is 5.27. The first kappa shape index (κ1) is 13.5. The van der Waals surface area contributed by atoms with Gasteiger partial charge < -0.3 is 4.42 Å². The molecule has 1 aromatic heterocycles. The van der Waals surface area contributed by atoms with Crippen LogP contribution in [0.4, 0.5) is 0 Å². The van der Waals surface area contributed by atoms with Crippen molar-refractivity contribution in [2.24, 2.45) is 0 Å². The second kappa shape index (κ2) is 5.50. The van der Waals surface area contributed by atoms with Gasteiger partial charge in [0.1, 0.15) is 0 Å². The molecule has 1 aliphatic heterocycles. The van der Waals surface area contributed by atoms with Gasteiger partial charge in [-0.2, -0.15) is 0 Å². The molecule has 2 heterocycles. The summed E-state index contributed by atoms with van der Waals surface area (Å²) in [6.45, 7) is 7.16. The molecule has 4 nitrogen and oxygen atoms in total. The first-order valence-corrected chi connectivity index (χ1v) is 7.42. The molecule has 0 radical (unpaired) electrons. The van der Waals surface area contributed by atoms with E-state index in [1.54, 1.807) is 4.68 Å². The molecule has 1 fully saturated rings. The molecule has 0 spiro atoms. The van der Waals surface area contributed by atoms with Crippen LogP contribution in [-0.2, 0) is 6.67 Å². The van der Waals surface area contributed by atoms with Crippen LogP contribution in [0.25, 0.3) is 11.5 Å². The van der Waals surface area contributed by atoms with E-state index in [0.29, 0.717) is 10.7 Å². The van der Waals surface area contributed by atoms with Crippen molar-refractivity contribution < 1.29 is 4.42 Å². The fourth-order valence-corrected chi connectivity index (χ4v) is 2.68. The quantitative estimate of drug-likeness (QED) is 0.809. The lowest BCUT2D eigenvalue weighted by atomic mass is 10.1. The molecule has 0 atom stereocenters. The summed E-state index contributed by atoms with van der Waals surface area (Å²) in [5.41, 5.74) is 3.49. The lowest BCUT2D eigenvalue weighted by Gasteiger charge is -2.12. The van der Waals surface area contributed by atoms with E-state index in [-0.39, 0.29) is 0 Å². The highest BCUT2D eigenvalue weighted by Gasteiger charge is 2.15. The van der Waals surface area contributed by atoms with Gasteiger partial charge in [-0.15, -0.1) is 5.10 Å². The van der Waals surface area contributed by atoms with Gasteiger partial charge in [0.25, 0.3) is 4.84 Å².